The minimum Gasteiger partial charge on any atom is -0.291 e. The second-order valence-corrected chi connectivity index (χ2v) is 15.8. The summed E-state index contributed by atoms with van der Waals surface area (Å²) in [5.74, 6) is 0. The molecule has 0 radical (unpaired) electrons. The van der Waals surface area contributed by atoms with Crippen LogP contribution in [0.25, 0.3) is 60.3 Å². The lowest BCUT2D eigenvalue weighted by molar-refractivity contribution is 1.32. The largest absolute Gasteiger partial charge is 0.291 e. The van der Waals surface area contributed by atoms with Crippen LogP contribution in [0.2, 0.25) is 0 Å². The number of hydrogen-bond donors (Lipinski definition) is 0. The first-order valence-corrected chi connectivity index (χ1v) is 18.0. The summed E-state index contributed by atoms with van der Waals surface area (Å²) in [7, 11) is 0. The van der Waals surface area contributed by atoms with E-state index in [-0.39, 0.29) is 0 Å². The molecule has 0 unspecified atom stereocenters. The molecule has 2 nitrogen and oxygen atoms in total. The Labute approximate surface area is 266 Å². The molecule has 0 aliphatic heterocycles. The molecule has 0 fully saturated rings. The second kappa shape index (κ2) is 10.2. The maximum absolute atomic E-state index is 6.92. The molecule has 0 amide bonds. The fraction of sp³-hybridized carbons (Fsp3) is 0. The van der Waals surface area contributed by atoms with E-state index in [9.17, 15) is 0 Å². The molecule has 0 aliphatic carbocycles. The zero-order valence-electron chi connectivity index (χ0n) is 24.3. The molecule has 9 aromatic rings. The summed E-state index contributed by atoms with van der Waals surface area (Å²) < 4.78 is 2.37. The molecule has 0 spiro atoms. The fourth-order valence-corrected chi connectivity index (χ4v) is 11.2. The van der Waals surface area contributed by atoms with Gasteiger partial charge >= 0.3 is 0 Å². The van der Waals surface area contributed by atoms with Crippen molar-refractivity contribution in [3.63, 3.8) is 0 Å². The third kappa shape index (κ3) is 3.88. The first-order chi connectivity index (χ1) is 22.2. The Morgan fingerprint density at radius 2 is 1.07 bits per heavy atom. The fourth-order valence-electron chi connectivity index (χ4n) is 7.08. The molecule has 0 aliphatic rings. The Bertz CT molecular complexity index is 2580. The van der Waals surface area contributed by atoms with Gasteiger partial charge in [0.15, 0.2) is 0 Å². The summed E-state index contributed by atoms with van der Waals surface area (Å²) in [6, 6.07) is 56.2. The first kappa shape index (κ1) is 26.3. The van der Waals surface area contributed by atoms with Crippen molar-refractivity contribution in [2.75, 3.05) is 0 Å². The Morgan fingerprint density at radius 1 is 0.489 bits per heavy atom. The lowest BCUT2D eigenvalue weighted by Gasteiger charge is -2.27. The topological polar surface area (TPSA) is 17.3 Å². The maximum Gasteiger partial charge on any atom is 0.146 e. The van der Waals surface area contributed by atoms with Gasteiger partial charge in [0, 0.05) is 27.7 Å². The molecule has 2 heterocycles. The van der Waals surface area contributed by atoms with Crippen LogP contribution in [0, 0.1) is 0 Å². The van der Waals surface area contributed by atoms with Crippen LogP contribution in [0.15, 0.2) is 164 Å². The normalized spacial score (nSPS) is 12.1. The summed E-state index contributed by atoms with van der Waals surface area (Å²) in [5, 5.41) is 9.58. The monoisotopic (exact) mass is 610 g/mol. The summed E-state index contributed by atoms with van der Waals surface area (Å²) in [6.45, 7) is 0. The van der Waals surface area contributed by atoms with Crippen molar-refractivity contribution < 1.29 is 0 Å². The number of aromatic nitrogens is 2. The first-order valence-electron chi connectivity index (χ1n) is 15.2. The van der Waals surface area contributed by atoms with Crippen LogP contribution in [-0.2, 0) is 11.8 Å². The Balaban J connectivity index is 1.47. The average Bonchev–Trinajstić information content (AvgIpc) is 3.51. The van der Waals surface area contributed by atoms with Crippen LogP contribution in [0.3, 0.4) is 0 Å². The summed E-state index contributed by atoms with van der Waals surface area (Å²) in [6.07, 6.45) is 0. The Morgan fingerprint density at radius 3 is 1.82 bits per heavy atom. The zero-order chi connectivity index (χ0) is 30.0. The van der Waals surface area contributed by atoms with Crippen molar-refractivity contribution in [2.45, 2.75) is 0 Å². The van der Waals surface area contributed by atoms with Gasteiger partial charge in [0.1, 0.15) is 5.65 Å². The highest BCUT2D eigenvalue weighted by atomic mass is 32.4. The van der Waals surface area contributed by atoms with Crippen LogP contribution in [0.5, 0.6) is 0 Å². The minimum atomic E-state index is -2.43. The number of para-hydroxylation sites is 3. The van der Waals surface area contributed by atoms with Gasteiger partial charge in [0.2, 0.25) is 0 Å². The van der Waals surface area contributed by atoms with E-state index >= 15 is 0 Å². The average molecular weight is 611 g/mol. The van der Waals surface area contributed by atoms with Crippen LogP contribution in [-0.4, -0.2) is 9.38 Å². The van der Waals surface area contributed by atoms with Crippen molar-refractivity contribution in [3.05, 3.63) is 164 Å². The zero-order valence-corrected chi connectivity index (χ0v) is 26.0. The number of fused-ring (bicyclic) bond motifs is 9. The van der Waals surface area contributed by atoms with Crippen molar-refractivity contribution in [3.8, 4) is 11.1 Å². The smallest absolute Gasteiger partial charge is 0.146 e. The molecule has 2 aromatic heterocycles. The lowest BCUT2D eigenvalue weighted by atomic mass is 9.94. The Hall–Kier alpha value is -5.08. The van der Waals surface area contributed by atoms with Gasteiger partial charge in [-0.15, -0.1) is 0 Å². The molecule has 212 valence electrons. The van der Waals surface area contributed by atoms with Crippen molar-refractivity contribution >= 4 is 82.9 Å². The highest BCUT2D eigenvalue weighted by Crippen LogP contribution is 2.47. The molecule has 45 heavy (non-hydrogen) atoms. The molecule has 0 atom stereocenters. The molecule has 4 heteroatoms. The number of benzene rings is 7. The van der Waals surface area contributed by atoms with Crippen LogP contribution >= 0.6 is 6.04 Å². The molecule has 9 rings (SSSR count). The van der Waals surface area contributed by atoms with E-state index in [2.05, 4.69) is 168 Å². The van der Waals surface area contributed by atoms with E-state index in [0.29, 0.717) is 0 Å². The number of pyridine rings is 1. The van der Waals surface area contributed by atoms with Crippen LogP contribution < -0.4 is 15.9 Å². The SMILES string of the molecule is S=P(c1ccccc1)(c1ccccc1)c1cccc2cccc(-c3cccc4c5ccccc5c5nc6ccccc6n5c34)c12. The van der Waals surface area contributed by atoms with E-state index in [1.54, 1.807) is 0 Å². The highest BCUT2D eigenvalue weighted by Gasteiger charge is 2.28. The quantitative estimate of drug-likeness (QED) is 0.146. The predicted octanol–water partition coefficient (Wildman–Crippen LogP) is 9.37. The standard InChI is InChI=1S/C41H27N2PS/c45-44(29-16-3-1-4-17-29,30-18-5-2-6-19-30)38-27-12-15-28-14-11-22-32(39(28)38)34-24-13-23-33-31-20-7-8-21-35(31)41-42-36-25-9-10-26-37(36)43(41)40(33)34/h1-27H. The van der Waals surface area contributed by atoms with Gasteiger partial charge < -0.3 is 0 Å². The third-order valence-electron chi connectivity index (χ3n) is 9.03. The summed E-state index contributed by atoms with van der Waals surface area (Å²) in [5.41, 5.74) is 6.60. The van der Waals surface area contributed by atoms with E-state index in [1.165, 1.54) is 48.6 Å². The minimum absolute atomic E-state index is 0.978. The van der Waals surface area contributed by atoms with E-state index < -0.39 is 6.04 Å². The van der Waals surface area contributed by atoms with Crippen molar-refractivity contribution in [1.29, 1.82) is 0 Å². The van der Waals surface area contributed by atoms with Gasteiger partial charge in [-0.05, 0) is 44.5 Å². The van der Waals surface area contributed by atoms with Crippen molar-refractivity contribution in [1.82, 2.24) is 9.38 Å². The third-order valence-corrected chi connectivity index (χ3v) is 14.0. The molecule has 0 saturated heterocycles. The number of nitrogens with zero attached hydrogens (tertiary/aromatic N) is 2. The van der Waals surface area contributed by atoms with E-state index in [1.807, 2.05) is 0 Å². The van der Waals surface area contributed by atoms with Gasteiger partial charge in [0.25, 0.3) is 0 Å². The molecular weight excluding hydrogens is 584 g/mol. The molecular formula is C41H27N2PS. The van der Waals surface area contributed by atoms with Gasteiger partial charge in [-0.3, -0.25) is 4.40 Å². The van der Waals surface area contributed by atoms with E-state index in [0.717, 1.165) is 27.6 Å². The van der Waals surface area contributed by atoms with Gasteiger partial charge in [0.05, 0.1) is 16.6 Å². The number of rotatable bonds is 4. The maximum atomic E-state index is 6.92. The van der Waals surface area contributed by atoms with E-state index in [4.69, 9.17) is 16.8 Å². The van der Waals surface area contributed by atoms with Gasteiger partial charge in [-0.25, -0.2) is 4.98 Å². The molecule has 0 saturated carbocycles. The van der Waals surface area contributed by atoms with Gasteiger partial charge in [-0.2, -0.15) is 0 Å². The Kier molecular flexibility index (Phi) is 5.99. The molecule has 7 aromatic carbocycles. The summed E-state index contributed by atoms with van der Waals surface area (Å²) >= 11 is 6.92. The number of imidazole rings is 1. The second-order valence-electron chi connectivity index (χ2n) is 11.5. The lowest BCUT2D eigenvalue weighted by Crippen LogP contribution is -2.25. The predicted molar refractivity (Wildman–Crippen MR) is 197 cm³/mol. The van der Waals surface area contributed by atoms with Crippen LogP contribution in [0.1, 0.15) is 0 Å². The summed E-state index contributed by atoms with van der Waals surface area (Å²) in [4.78, 5) is 5.18. The van der Waals surface area contributed by atoms with Gasteiger partial charge in [-0.1, -0.05) is 163 Å². The molecule has 0 bridgehead atoms. The number of hydrogen-bond acceptors (Lipinski definition) is 2. The highest BCUT2D eigenvalue weighted by molar-refractivity contribution is 8.25. The van der Waals surface area contributed by atoms with Crippen molar-refractivity contribution in [2.24, 2.45) is 0 Å². The van der Waals surface area contributed by atoms with Crippen LogP contribution in [0.4, 0.5) is 0 Å². The molecule has 0 N–H and O–H groups in total.